The van der Waals surface area contributed by atoms with Gasteiger partial charge in [0.25, 0.3) is 5.91 Å². The van der Waals surface area contributed by atoms with Crippen LogP contribution in [-0.4, -0.2) is 17.4 Å². The Morgan fingerprint density at radius 2 is 1.90 bits per heavy atom. The van der Waals surface area contributed by atoms with Gasteiger partial charge in [0, 0.05) is 12.2 Å². The molecule has 0 aliphatic rings. The second-order valence-electron chi connectivity index (χ2n) is 4.38. The summed E-state index contributed by atoms with van der Waals surface area (Å²) in [6, 6.07) is 11.0. The molecule has 4 nitrogen and oxygen atoms in total. The van der Waals surface area contributed by atoms with Gasteiger partial charge in [0.2, 0.25) is 0 Å². The molecule has 0 spiro atoms. The van der Waals surface area contributed by atoms with E-state index in [1.54, 1.807) is 12.1 Å². The number of anilines is 2. The Morgan fingerprint density at radius 3 is 2.55 bits per heavy atom. The third kappa shape index (κ3) is 3.48. The largest absolute Gasteiger partial charge is 0.370 e. The van der Waals surface area contributed by atoms with Crippen LogP contribution in [0.5, 0.6) is 0 Å². The maximum Gasteiger partial charge on any atom is 0.275 e. The van der Waals surface area contributed by atoms with Gasteiger partial charge in [0.15, 0.2) is 0 Å². The molecule has 0 radical (unpaired) electrons. The molecule has 2 aromatic rings. The van der Waals surface area contributed by atoms with Gasteiger partial charge in [-0.1, -0.05) is 29.3 Å². The van der Waals surface area contributed by atoms with Crippen molar-refractivity contribution in [1.82, 2.24) is 4.98 Å². The quantitative estimate of drug-likeness (QED) is 0.902. The lowest BCUT2D eigenvalue weighted by Gasteiger charge is -2.08. The normalized spacial score (nSPS) is 10.2. The molecule has 0 fully saturated rings. The molecule has 20 heavy (non-hydrogen) atoms. The van der Waals surface area contributed by atoms with Crippen LogP contribution < -0.4 is 10.6 Å². The molecule has 1 aromatic heterocycles. The van der Waals surface area contributed by atoms with Gasteiger partial charge in [0.05, 0.1) is 5.02 Å². The van der Waals surface area contributed by atoms with E-state index in [4.69, 9.17) is 11.6 Å². The second-order valence-corrected chi connectivity index (χ2v) is 4.78. The molecule has 1 aromatic carbocycles. The minimum atomic E-state index is -0.321. The number of carbonyl (C=O) groups excluding carboxylic acids is 1. The first kappa shape index (κ1) is 14.3. The van der Waals surface area contributed by atoms with Gasteiger partial charge in [-0.2, -0.15) is 0 Å². The van der Waals surface area contributed by atoms with Crippen LogP contribution in [0.1, 0.15) is 23.0 Å². The monoisotopic (exact) mass is 289 g/mol. The van der Waals surface area contributed by atoms with E-state index in [2.05, 4.69) is 15.6 Å². The third-order valence-corrected chi connectivity index (χ3v) is 3.03. The molecule has 0 saturated heterocycles. The lowest BCUT2D eigenvalue weighted by Crippen LogP contribution is -2.15. The molecule has 1 heterocycles. The zero-order chi connectivity index (χ0) is 14.5. The predicted molar refractivity (Wildman–Crippen MR) is 82.5 cm³/mol. The summed E-state index contributed by atoms with van der Waals surface area (Å²) in [6.07, 6.45) is 0. The average Bonchev–Trinajstić information content (AvgIpc) is 2.43. The van der Waals surface area contributed by atoms with Crippen LogP contribution >= 0.6 is 11.6 Å². The van der Waals surface area contributed by atoms with Crippen molar-refractivity contribution in [3.05, 3.63) is 52.7 Å². The summed E-state index contributed by atoms with van der Waals surface area (Å²) >= 11 is 6.03. The summed E-state index contributed by atoms with van der Waals surface area (Å²) in [7, 11) is 0. The highest BCUT2D eigenvalue weighted by molar-refractivity contribution is 6.34. The summed E-state index contributed by atoms with van der Waals surface area (Å²) in [5, 5.41) is 6.16. The van der Waals surface area contributed by atoms with Gasteiger partial charge < -0.3 is 10.6 Å². The number of halogens is 1. The van der Waals surface area contributed by atoms with Crippen molar-refractivity contribution >= 4 is 29.0 Å². The molecular weight excluding hydrogens is 274 g/mol. The Kier molecular flexibility index (Phi) is 4.58. The Morgan fingerprint density at radius 1 is 1.20 bits per heavy atom. The van der Waals surface area contributed by atoms with Crippen molar-refractivity contribution in [2.45, 2.75) is 13.8 Å². The number of nitrogens with one attached hydrogen (secondary N) is 2. The van der Waals surface area contributed by atoms with E-state index in [1.165, 1.54) is 0 Å². The zero-order valence-electron chi connectivity index (χ0n) is 11.4. The van der Waals surface area contributed by atoms with Gasteiger partial charge in [-0.25, -0.2) is 4.98 Å². The second kappa shape index (κ2) is 6.39. The number of hydrogen-bond acceptors (Lipinski definition) is 3. The molecule has 0 aliphatic heterocycles. The molecular formula is C15H16ClN3O. The van der Waals surface area contributed by atoms with Crippen molar-refractivity contribution in [1.29, 1.82) is 0 Å². The van der Waals surface area contributed by atoms with Crippen LogP contribution in [0, 0.1) is 6.92 Å². The third-order valence-electron chi connectivity index (χ3n) is 2.73. The summed E-state index contributed by atoms with van der Waals surface area (Å²) in [4.78, 5) is 16.4. The van der Waals surface area contributed by atoms with E-state index in [9.17, 15) is 4.79 Å². The van der Waals surface area contributed by atoms with Gasteiger partial charge >= 0.3 is 0 Å². The SMILES string of the molecule is CCNc1ccc(Cl)c(C(=O)Nc2ccc(C)cc2)n1. The number of rotatable bonds is 4. The maximum atomic E-state index is 12.2. The van der Waals surface area contributed by atoms with Crippen LogP contribution in [0.15, 0.2) is 36.4 Å². The van der Waals surface area contributed by atoms with Gasteiger partial charge in [0.1, 0.15) is 11.5 Å². The number of benzene rings is 1. The number of pyridine rings is 1. The first-order valence-corrected chi connectivity index (χ1v) is 6.76. The zero-order valence-corrected chi connectivity index (χ0v) is 12.2. The van der Waals surface area contributed by atoms with Crippen LogP contribution in [0.25, 0.3) is 0 Å². The van der Waals surface area contributed by atoms with Crippen LogP contribution in [0.4, 0.5) is 11.5 Å². The molecule has 0 unspecified atom stereocenters. The molecule has 0 aliphatic carbocycles. The minimum absolute atomic E-state index is 0.214. The lowest BCUT2D eigenvalue weighted by atomic mass is 10.2. The number of aryl methyl sites for hydroxylation is 1. The number of nitrogens with zero attached hydrogens (tertiary/aromatic N) is 1. The predicted octanol–water partition coefficient (Wildman–Crippen LogP) is 3.73. The molecule has 104 valence electrons. The van der Waals surface area contributed by atoms with Crippen molar-refractivity contribution in [2.24, 2.45) is 0 Å². The van der Waals surface area contributed by atoms with Crippen molar-refractivity contribution in [3.63, 3.8) is 0 Å². The molecule has 2 N–H and O–H groups in total. The molecule has 0 saturated carbocycles. The molecule has 5 heteroatoms. The molecule has 2 rings (SSSR count). The van der Waals surface area contributed by atoms with E-state index in [0.29, 0.717) is 16.5 Å². The van der Waals surface area contributed by atoms with Crippen LogP contribution in [0.2, 0.25) is 5.02 Å². The highest BCUT2D eigenvalue weighted by Gasteiger charge is 2.13. The molecule has 0 atom stereocenters. The summed E-state index contributed by atoms with van der Waals surface area (Å²) in [6.45, 7) is 4.68. The van der Waals surface area contributed by atoms with Gasteiger partial charge in [-0.15, -0.1) is 0 Å². The Hall–Kier alpha value is -2.07. The fourth-order valence-corrected chi connectivity index (χ4v) is 1.90. The van der Waals surface area contributed by atoms with E-state index in [-0.39, 0.29) is 11.6 Å². The van der Waals surface area contributed by atoms with Crippen molar-refractivity contribution in [3.8, 4) is 0 Å². The van der Waals surface area contributed by atoms with Gasteiger partial charge in [-0.3, -0.25) is 4.79 Å². The Bertz CT molecular complexity index is 611. The number of hydrogen-bond donors (Lipinski definition) is 2. The number of carbonyl (C=O) groups is 1. The Balaban J connectivity index is 2.19. The van der Waals surface area contributed by atoms with E-state index >= 15 is 0 Å². The average molecular weight is 290 g/mol. The number of aromatic nitrogens is 1. The standard InChI is InChI=1S/C15H16ClN3O/c1-3-17-13-9-8-12(16)14(19-13)15(20)18-11-6-4-10(2)5-7-11/h4-9H,3H2,1-2H3,(H,17,19)(H,18,20). The molecule has 0 bridgehead atoms. The van der Waals surface area contributed by atoms with Gasteiger partial charge in [-0.05, 0) is 38.1 Å². The van der Waals surface area contributed by atoms with E-state index in [0.717, 1.165) is 12.1 Å². The van der Waals surface area contributed by atoms with Crippen LogP contribution in [0.3, 0.4) is 0 Å². The maximum absolute atomic E-state index is 12.2. The first-order chi connectivity index (χ1) is 9.60. The summed E-state index contributed by atoms with van der Waals surface area (Å²) in [5.41, 5.74) is 2.06. The minimum Gasteiger partial charge on any atom is -0.370 e. The lowest BCUT2D eigenvalue weighted by molar-refractivity contribution is 0.102. The fraction of sp³-hybridized carbons (Fsp3) is 0.200. The highest BCUT2D eigenvalue weighted by Crippen LogP contribution is 2.18. The van der Waals surface area contributed by atoms with Crippen molar-refractivity contribution < 1.29 is 4.79 Å². The van der Waals surface area contributed by atoms with Crippen LogP contribution in [-0.2, 0) is 0 Å². The smallest absolute Gasteiger partial charge is 0.275 e. The van der Waals surface area contributed by atoms with E-state index < -0.39 is 0 Å². The fourth-order valence-electron chi connectivity index (χ4n) is 1.71. The summed E-state index contributed by atoms with van der Waals surface area (Å²) in [5.74, 6) is 0.310. The first-order valence-electron chi connectivity index (χ1n) is 6.38. The van der Waals surface area contributed by atoms with E-state index in [1.807, 2.05) is 38.1 Å². The van der Waals surface area contributed by atoms with Crippen molar-refractivity contribution in [2.75, 3.05) is 17.2 Å². The summed E-state index contributed by atoms with van der Waals surface area (Å²) < 4.78 is 0. The topological polar surface area (TPSA) is 54.0 Å². The highest BCUT2D eigenvalue weighted by atomic mass is 35.5. The Labute approximate surface area is 123 Å². The molecule has 1 amide bonds. The number of amides is 1.